The predicted molar refractivity (Wildman–Crippen MR) is 38.5 cm³/mol. The summed E-state index contributed by atoms with van der Waals surface area (Å²) in [6.07, 6.45) is 2.08. The van der Waals surface area contributed by atoms with E-state index >= 15 is 0 Å². The zero-order chi connectivity index (χ0) is 8.10. The van der Waals surface area contributed by atoms with E-state index in [-0.39, 0.29) is 0 Å². The van der Waals surface area contributed by atoms with Crippen LogP contribution in [0.3, 0.4) is 0 Å². The van der Waals surface area contributed by atoms with Crippen molar-refractivity contribution < 1.29 is 9.53 Å². The number of carbonyl (C=O) groups excluding carboxylic acids is 1. The Morgan fingerprint density at radius 3 is 3.36 bits per heavy atom. The first-order valence-electron chi connectivity index (χ1n) is 3.14. The topological polar surface area (TPSA) is 67.0 Å². The number of nitrogens with one attached hydrogen (secondary N) is 2. The van der Waals surface area contributed by atoms with Crippen LogP contribution in [0.1, 0.15) is 10.5 Å². The van der Waals surface area contributed by atoms with E-state index in [1.807, 2.05) is 0 Å². The molecule has 0 aromatic carbocycles. The summed E-state index contributed by atoms with van der Waals surface area (Å²) in [4.78, 5) is 16.7. The SMILES string of the molecule is CNCOc1nc[nH]c1C=O. The van der Waals surface area contributed by atoms with Crippen LogP contribution in [0.2, 0.25) is 0 Å². The van der Waals surface area contributed by atoms with E-state index in [9.17, 15) is 4.79 Å². The second-order valence-electron chi connectivity index (χ2n) is 1.88. The van der Waals surface area contributed by atoms with Crippen LogP contribution < -0.4 is 10.1 Å². The Morgan fingerprint density at radius 1 is 1.91 bits per heavy atom. The van der Waals surface area contributed by atoms with Crippen LogP contribution in [-0.2, 0) is 0 Å². The first-order chi connectivity index (χ1) is 5.38. The summed E-state index contributed by atoms with van der Waals surface area (Å²) >= 11 is 0. The van der Waals surface area contributed by atoms with Gasteiger partial charge in [0.2, 0.25) is 5.88 Å². The standard InChI is InChI=1S/C6H9N3O2/c1-7-4-11-6-5(2-10)8-3-9-6/h2-3,7H,4H2,1H3,(H,8,9). The van der Waals surface area contributed by atoms with Gasteiger partial charge in [0.25, 0.3) is 0 Å². The van der Waals surface area contributed by atoms with Gasteiger partial charge >= 0.3 is 0 Å². The fourth-order valence-corrected chi connectivity index (χ4v) is 0.632. The number of ether oxygens (including phenoxy) is 1. The molecule has 0 amide bonds. The largest absolute Gasteiger partial charge is 0.460 e. The fraction of sp³-hybridized carbons (Fsp3) is 0.333. The molecule has 1 rings (SSSR count). The van der Waals surface area contributed by atoms with Crippen LogP contribution >= 0.6 is 0 Å². The van der Waals surface area contributed by atoms with Gasteiger partial charge in [-0.1, -0.05) is 0 Å². The molecule has 0 atom stereocenters. The molecule has 5 heteroatoms. The van der Waals surface area contributed by atoms with Gasteiger partial charge in [0.05, 0.1) is 6.33 Å². The molecular weight excluding hydrogens is 146 g/mol. The van der Waals surface area contributed by atoms with Crippen LogP contribution in [0.15, 0.2) is 6.33 Å². The van der Waals surface area contributed by atoms with Gasteiger partial charge in [-0.25, -0.2) is 4.98 Å². The van der Waals surface area contributed by atoms with Crippen LogP contribution in [0.25, 0.3) is 0 Å². The third-order valence-corrected chi connectivity index (χ3v) is 1.10. The summed E-state index contributed by atoms with van der Waals surface area (Å²) in [7, 11) is 1.74. The van der Waals surface area contributed by atoms with E-state index < -0.39 is 0 Å². The van der Waals surface area contributed by atoms with Gasteiger partial charge in [0.15, 0.2) is 6.29 Å². The molecule has 0 saturated carbocycles. The molecule has 11 heavy (non-hydrogen) atoms. The molecule has 0 aliphatic rings. The number of carbonyl (C=O) groups is 1. The molecule has 5 nitrogen and oxygen atoms in total. The minimum Gasteiger partial charge on any atom is -0.460 e. The van der Waals surface area contributed by atoms with E-state index in [4.69, 9.17) is 4.74 Å². The number of nitrogens with zero attached hydrogens (tertiary/aromatic N) is 1. The summed E-state index contributed by atoms with van der Waals surface area (Å²) in [6, 6.07) is 0. The van der Waals surface area contributed by atoms with Crippen molar-refractivity contribution >= 4 is 6.29 Å². The number of imidazole rings is 1. The van der Waals surface area contributed by atoms with Gasteiger partial charge in [-0.15, -0.1) is 0 Å². The first kappa shape index (κ1) is 7.74. The minimum atomic E-state index is 0.328. The number of aromatic amines is 1. The van der Waals surface area contributed by atoms with Crippen LogP contribution in [0.4, 0.5) is 0 Å². The summed E-state index contributed by atoms with van der Waals surface area (Å²) in [5.41, 5.74) is 0.361. The van der Waals surface area contributed by atoms with Crippen LogP contribution in [0.5, 0.6) is 5.88 Å². The highest BCUT2D eigenvalue weighted by Crippen LogP contribution is 2.08. The zero-order valence-corrected chi connectivity index (χ0v) is 6.13. The molecule has 0 unspecified atom stereocenters. The molecule has 0 aliphatic heterocycles. The van der Waals surface area contributed by atoms with Gasteiger partial charge in [0.1, 0.15) is 12.4 Å². The lowest BCUT2D eigenvalue weighted by Gasteiger charge is -1.99. The maximum Gasteiger partial charge on any atom is 0.243 e. The van der Waals surface area contributed by atoms with Gasteiger partial charge < -0.3 is 9.72 Å². The monoisotopic (exact) mass is 155 g/mol. The number of H-pyrrole nitrogens is 1. The lowest BCUT2D eigenvalue weighted by molar-refractivity contribution is 0.111. The third-order valence-electron chi connectivity index (χ3n) is 1.10. The summed E-state index contributed by atoms with van der Waals surface area (Å²) in [6.45, 7) is 0.339. The van der Waals surface area contributed by atoms with Crippen molar-refractivity contribution in [1.82, 2.24) is 15.3 Å². The van der Waals surface area contributed by atoms with E-state index in [0.717, 1.165) is 0 Å². The Hall–Kier alpha value is -1.36. The van der Waals surface area contributed by atoms with Crippen LogP contribution in [0, 0.1) is 0 Å². The molecule has 1 aromatic rings. The number of hydrogen-bond donors (Lipinski definition) is 2. The highest BCUT2D eigenvalue weighted by Gasteiger charge is 2.03. The molecule has 0 bridgehead atoms. The molecule has 2 N–H and O–H groups in total. The van der Waals surface area contributed by atoms with Gasteiger partial charge in [-0.3, -0.25) is 10.1 Å². The maximum absolute atomic E-state index is 10.3. The van der Waals surface area contributed by atoms with E-state index in [1.54, 1.807) is 7.05 Å². The molecule has 1 aromatic heterocycles. The van der Waals surface area contributed by atoms with Gasteiger partial charge in [0, 0.05) is 0 Å². The summed E-state index contributed by atoms with van der Waals surface area (Å²) in [5.74, 6) is 0.328. The van der Waals surface area contributed by atoms with E-state index in [2.05, 4.69) is 15.3 Å². The summed E-state index contributed by atoms with van der Waals surface area (Å²) < 4.78 is 5.03. The van der Waals surface area contributed by atoms with Crippen molar-refractivity contribution in [2.45, 2.75) is 0 Å². The average molecular weight is 155 g/mol. The highest BCUT2D eigenvalue weighted by molar-refractivity contribution is 5.75. The molecular formula is C6H9N3O2. The Kier molecular flexibility index (Phi) is 2.62. The van der Waals surface area contributed by atoms with E-state index in [0.29, 0.717) is 24.6 Å². The number of hydrogen-bond acceptors (Lipinski definition) is 4. The zero-order valence-electron chi connectivity index (χ0n) is 6.13. The predicted octanol–water partition coefficient (Wildman–Crippen LogP) is -0.222. The second-order valence-corrected chi connectivity index (χ2v) is 1.88. The highest BCUT2D eigenvalue weighted by atomic mass is 16.5. The Bertz CT molecular complexity index is 233. The lowest BCUT2D eigenvalue weighted by atomic mass is 10.5. The smallest absolute Gasteiger partial charge is 0.243 e. The molecule has 0 radical (unpaired) electrons. The molecule has 0 spiro atoms. The normalized spacial score (nSPS) is 9.55. The molecule has 0 aliphatic carbocycles. The number of aldehydes is 1. The quantitative estimate of drug-likeness (QED) is 0.466. The van der Waals surface area contributed by atoms with Crippen molar-refractivity contribution in [2.24, 2.45) is 0 Å². The Balaban J connectivity index is 2.61. The molecule has 0 fully saturated rings. The van der Waals surface area contributed by atoms with Crippen molar-refractivity contribution in [2.75, 3.05) is 13.8 Å². The molecule has 1 heterocycles. The minimum absolute atomic E-state index is 0.328. The van der Waals surface area contributed by atoms with E-state index in [1.165, 1.54) is 6.33 Å². The Morgan fingerprint density at radius 2 is 2.73 bits per heavy atom. The van der Waals surface area contributed by atoms with Crippen molar-refractivity contribution in [3.8, 4) is 5.88 Å². The van der Waals surface area contributed by atoms with Crippen molar-refractivity contribution in [1.29, 1.82) is 0 Å². The Labute approximate surface area is 63.8 Å². The van der Waals surface area contributed by atoms with Crippen LogP contribution in [-0.4, -0.2) is 30.0 Å². The third kappa shape index (κ3) is 1.78. The molecule has 0 saturated heterocycles. The van der Waals surface area contributed by atoms with Gasteiger partial charge in [-0.2, -0.15) is 0 Å². The number of rotatable bonds is 4. The fourth-order valence-electron chi connectivity index (χ4n) is 0.632. The average Bonchev–Trinajstić information content (AvgIpc) is 2.47. The number of aromatic nitrogens is 2. The maximum atomic E-state index is 10.3. The van der Waals surface area contributed by atoms with Gasteiger partial charge in [-0.05, 0) is 7.05 Å². The first-order valence-corrected chi connectivity index (χ1v) is 3.14. The van der Waals surface area contributed by atoms with Crippen molar-refractivity contribution in [3.63, 3.8) is 0 Å². The lowest BCUT2D eigenvalue weighted by Crippen LogP contribution is -2.14. The molecule has 60 valence electrons. The second kappa shape index (κ2) is 3.72. The summed E-state index contributed by atoms with van der Waals surface area (Å²) in [5, 5.41) is 2.77. The van der Waals surface area contributed by atoms with Crippen molar-refractivity contribution in [3.05, 3.63) is 12.0 Å².